The zero-order valence-corrected chi connectivity index (χ0v) is 11.2. The quantitative estimate of drug-likeness (QED) is 0.847. The third-order valence-electron chi connectivity index (χ3n) is 3.56. The molecule has 0 bridgehead atoms. The van der Waals surface area contributed by atoms with Crippen LogP contribution in [0.3, 0.4) is 0 Å². The number of hydrogen-bond donors (Lipinski definition) is 1. The van der Waals surface area contributed by atoms with Crippen molar-refractivity contribution in [3.63, 3.8) is 0 Å². The maximum Gasteiger partial charge on any atom is 0.0485 e. The first-order valence-electron chi connectivity index (χ1n) is 6.41. The summed E-state index contributed by atoms with van der Waals surface area (Å²) < 4.78 is 0. The van der Waals surface area contributed by atoms with Crippen LogP contribution < -0.4 is 10.2 Å². The molecule has 1 fully saturated rings. The highest BCUT2D eigenvalue weighted by Crippen LogP contribution is 2.31. The van der Waals surface area contributed by atoms with E-state index in [1.807, 2.05) is 12.1 Å². The van der Waals surface area contributed by atoms with Gasteiger partial charge in [0.2, 0.25) is 0 Å². The van der Waals surface area contributed by atoms with Crippen LogP contribution in [0.15, 0.2) is 36.4 Å². The third kappa shape index (κ3) is 2.06. The number of anilines is 1. The van der Waals surface area contributed by atoms with Gasteiger partial charge in [-0.1, -0.05) is 35.9 Å². The molecule has 0 spiro atoms. The van der Waals surface area contributed by atoms with E-state index in [-0.39, 0.29) is 0 Å². The molecule has 1 heterocycles. The van der Waals surface area contributed by atoms with Gasteiger partial charge in [-0.05, 0) is 19.1 Å². The molecule has 0 amide bonds. The summed E-state index contributed by atoms with van der Waals surface area (Å²) in [5, 5.41) is 6.70. The van der Waals surface area contributed by atoms with E-state index >= 15 is 0 Å². The largest absolute Gasteiger partial charge is 0.368 e. The van der Waals surface area contributed by atoms with E-state index in [9.17, 15) is 0 Å². The topological polar surface area (TPSA) is 15.3 Å². The van der Waals surface area contributed by atoms with Crippen molar-refractivity contribution in [3.05, 3.63) is 41.4 Å². The average Bonchev–Trinajstić information content (AvgIpc) is 2.39. The van der Waals surface area contributed by atoms with Gasteiger partial charge in [-0.2, -0.15) is 0 Å². The lowest BCUT2D eigenvalue weighted by atomic mass is 10.1. The van der Waals surface area contributed by atoms with Gasteiger partial charge in [0.25, 0.3) is 0 Å². The highest BCUT2D eigenvalue weighted by atomic mass is 35.5. The first-order chi connectivity index (χ1) is 8.75. The van der Waals surface area contributed by atoms with Gasteiger partial charge in [0.15, 0.2) is 0 Å². The molecule has 2 aromatic carbocycles. The molecule has 1 aliphatic heterocycles. The fraction of sp³-hybridized carbons (Fsp3) is 0.333. The molecule has 94 valence electrons. The van der Waals surface area contributed by atoms with Gasteiger partial charge in [0, 0.05) is 47.2 Å². The van der Waals surface area contributed by atoms with Crippen LogP contribution in [-0.4, -0.2) is 25.7 Å². The van der Waals surface area contributed by atoms with Crippen LogP contribution in [0.25, 0.3) is 10.8 Å². The molecule has 1 aliphatic rings. The molecular weight excluding hydrogens is 244 g/mol. The number of benzene rings is 2. The molecule has 3 heteroatoms. The van der Waals surface area contributed by atoms with Crippen molar-refractivity contribution in [2.45, 2.75) is 13.0 Å². The lowest BCUT2D eigenvalue weighted by Crippen LogP contribution is -2.49. The molecule has 0 radical (unpaired) electrons. The van der Waals surface area contributed by atoms with Crippen molar-refractivity contribution in [1.29, 1.82) is 0 Å². The second-order valence-electron chi connectivity index (χ2n) is 4.91. The van der Waals surface area contributed by atoms with Gasteiger partial charge < -0.3 is 10.2 Å². The van der Waals surface area contributed by atoms with Crippen LogP contribution in [0.1, 0.15) is 6.92 Å². The van der Waals surface area contributed by atoms with Crippen LogP contribution in [0.4, 0.5) is 5.69 Å². The van der Waals surface area contributed by atoms with E-state index in [2.05, 4.69) is 41.4 Å². The molecule has 1 saturated heterocycles. The smallest absolute Gasteiger partial charge is 0.0485 e. The van der Waals surface area contributed by atoms with Crippen LogP contribution in [0.2, 0.25) is 5.02 Å². The molecule has 1 atom stereocenters. The summed E-state index contributed by atoms with van der Waals surface area (Å²) >= 11 is 6.27. The van der Waals surface area contributed by atoms with E-state index < -0.39 is 0 Å². The SMILES string of the molecule is C[C@@H]1CN(c2cccc3c(Cl)cccc23)CCN1. The zero-order chi connectivity index (χ0) is 12.5. The van der Waals surface area contributed by atoms with Gasteiger partial charge >= 0.3 is 0 Å². The van der Waals surface area contributed by atoms with E-state index in [1.165, 1.54) is 11.1 Å². The molecule has 3 rings (SSSR count). The Morgan fingerprint density at radius 1 is 1.17 bits per heavy atom. The number of halogens is 1. The fourth-order valence-electron chi connectivity index (χ4n) is 2.68. The van der Waals surface area contributed by atoms with Crippen LogP contribution in [0.5, 0.6) is 0 Å². The van der Waals surface area contributed by atoms with Crippen LogP contribution >= 0.6 is 11.6 Å². The number of nitrogens with one attached hydrogen (secondary N) is 1. The number of hydrogen-bond acceptors (Lipinski definition) is 2. The molecule has 18 heavy (non-hydrogen) atoms. The zero-order valence-electron chi connectivity index (χ0n) is 10.5. The van der Waals surface area contributed by atoms with Crippen molar-refractivity contribution in [2.75, 3.05) is 24.5 Å². The molecular formula is C15H17ClN2. The minimum absolute atomic E-state index is 0.535. The van der Waals surface area contributed by atoms with E-state index in [0.717, 1.165) is 30.0 Å². The second kappa shape index (κ2) is 4.79. The number of nitrogens with zero attached hydrogens (tertiary/aromatic N) is 1. The lowest BCUT2D eigenvalue weighted by Gasteiger charge is -2.34. The van der Waals surface area contributed by atoms with Crippen molar-refractivity contribution >= 4 is 28.1 Å². The van der Waals surface area contributed by atoms with Crippen LogP contribution in [0, 0.1) is 0 Å². The normalized spacial score (nSPS) is 20.3. The van der Waals surface area contributed by atoms with Crippen molar-refractivity contribution < 1.29 is 0 Å². The summed E-state index contributed by atoms with van der Waals surface area (Å²) in [5.74, 6) is 0. The van der Waals surface area contributed by atoms with E-state index in [0.29, 0.717) is 6.04 Å². The Hall–Kier alpha value is -1.25. The molecule has 1 N–H and O–H groups in total. The highest BCUT2D eigenvalue weighted by molar-refractivity contribution is 6.35. The highest BCUT2D eigenvalue weighted by Gasteiger charge is 2.17. The molecule has 2 nitrogen and oxygen atoms in total. The second-order valence-corrected chi connectivity index (χ2v) is 5.32. The van der Waals surface area contributed by atoms with Crippen molar-refractivity contribution in [3.8, 4) is 0 Å². The lowest BCUT2D eigenvalue weighted by molar-refractivity contribution is 0.485. The Labute approximate surface area is 113 Å². The first kappa shape index (κ1) is 11.8. The van der Waals surface area contributed by atoms with Gasteiger partial charge in [-0.25, -0.2) is 0 Å². The summed E-state index contributed by atoms with van der Waals surface area (Å²) in [6.45, 7) is 5.37. The van der Waals surface area contributed by atoms with Crippen LogP contribution in [-0.2, 0) is 0 Å². The van der Waals surface area contributed by atoms with E-state index in [4.69, 9.17) is 11.6 Å². The van der Waals surface area contributed by atoms with Gasteiger partial charge in [-0.15, -0.1) is 0 Å². The predicted molar refractivity (Wildman–Crippen MR) is 78.6 cm³/mol. The average molecular weight is 261 g/mol. The number of piperazine rings is 1. The van der Waals surface area contributed by atoms with E-state index in [1.54, 1.807) is 0 Å². The summed E-state index contributed by atoms with van der Waals surface area (Å²) in [6, 6.07) is 13.0. The minimum atomic E-state index is 0.535. The molecule has 0 aromatic heterocycles. The maximum atomic E-state index is 6.27. The standard InChI is InChI=1S/C15H17ClN2/c1-11-10-18(9-8-17-11)15-7-3-4-12-13(15)5-2-6-14(12)16/h2-7,11,17H,8-10H2,1H3/t11-/m1/s1. The third-order valence-corrected chi connectivity index (χ3v) is 3.88. The number of rotatable bonds is 1. The summed E-state index contributed by atoms with van der Waals surface area (Å²) in [5.41, 5.74) is 1.29. The fourth-order valence-corrected chi connectivity index (χ4v) is 2.92. The molecule has 0 saturated carbocycles. The summed E-state index contributed by atoms with van der Waals surface area (Å²) in [7, 11) is 0. The molecule has 2 aromatic rings. The first-order valence-corrected chi connectivity index (χ1v) is 6.79. The van der Waals surface area contributed by atoms with Crippen molar-refractivity contribution in [2.24, 2.45) is 0 Å². The minimum Gasteiger partial charge on any atom is -0.368 e. The summed E-state index contributed by atoms with van der Waals surface area (Å²) in [6.07, 6.45) is 0. The van der Waals surface area contributed by atoms with Gasteiger partial charge in [0.05, 0.1) is 0 Å². The Kier molecular flexibility index (Phi) is 3.14. The Morgan fingerprint density at radius 3 is 2.78 bits per heavy atom. The maximum absolute atomic E-state index is 6.27. The predicted octanol–water partition coefficient (Wildman–Crippen LogP) is 3.29. The summed E-state index contributed by atoms with van der Waals surface area (Å²) in [4.78, 5) is 2.44. The Bertz CT molecular complexity index is 567. The Morgan fingerprint density at radius 2 is 1.94 bits per heavy atom. The molecule has 0 aliphatic carbocycles. The van der Waals surface area contributed by atoms with Gasteiger partial charge in [-0.3, -0.25) is 0 Å². The van der Waals surface area contributed by atoms with Gasteiger partial charge in [0.1, 0.15) is 0 Å². The monoisotopic (exact) mass is 260 g/mol. The van der Waals surface area contributed by atoms with Crippen molar-refractivity contribution in [1.82, 2.24) is 5.32 Å². The number of fused-ring (bicyclic) bond motifs is 1. The molecule has 0 unspecified atom stereocenters. The Balaban J connectivity index is 2.09.